The van der Waals surface area contributed by atoms with Gasteiger partial charge < -0.3 is 5.73 Å². The third-order valence-corrected chi connectivity index (χ3v) is 4.51. The molecule has 1 fully saturated rings. The highest BCUT2D eigenvalue weighted by Gasteiger charge is 2.28. The molecular weight excluding hydrogens is 279 g/mol. The number of hydrogen-bond donors (Lipinski definition) is 1. The first-order valence-corrected chi connectivity index (χ1v) is 7.44. The zero-order chi connectivity index (χ0) is 13.8. The molecule has 1 aromatic rings. The van der Waals surface area contributed by atoms with Crippen molar-refractivity contribution in [1.29, 1.82) is 0 Å². The minimum Gasteiger partial charge on any atom is -0.323 e. The van der Waals surface area contributed by atoms with Crippen LogP contribution in [0.4, 0.5) is 0 Å². The van der Waals surface area contributed by atoms with E-state index >= 15 is 0 Å². The van der Waals surface area contributed by atoms with E-state index in [1.165, 1.54) is 12.8 Å². The van der Waals surface area contributed by atoms with Gasteiger partial charge in [-0.2, -0.15) is 0 Å². The largest absolute Gasteiger partial charge is 0.323 e. The zero-order valence-corrected chi connectivity index (χ0v) is 12.5. The molecule has 2 nitrogen and oxygen atoms in total. The Hall–Kier alpha value is -0.540. The Bertz CT molecular complexity index is 448. The zero-order valence-electron chi connectivity index (χ0n) is 11.0. The summed E-state index contributed by atoms with van der Waals surface area (Å²) in [5, 5.41) is 1.14. The molecule has 0 aliphatic carbocycles. The molecule has 2 rings (SSSR count). The Morgan fingerprint density at radius 1 is 1.37 bits per heavy atom. The third kappa shape index (κ3) is 3.51. The minimum atomic E-state index is -0.0324. The van der Waals surface area contributed by atoms with Gasteiger partial charge in [-0.25, -0.2) is 0 Å². The predicted octanol–water partition coefficient (Wildman–Crippen LogP) is 4.03. The van der Waals surface area contributed by atoms with Crippen LogP contribution < -0.4 is 5.73 Å². The van der Waals surface area contributed by atoms with Crippen LogP contribution in [0.3, 0.4) is 0 Å². The summed E-state index contributed by atoms with van der Waals surface area (Å²) in [5.74, 6) is 0. The van der Waals surface area contributed by atoms with E-state index in [4.69, 9.17) is 28.9 Å². The van der Waals surface area contributed by atoms with Crippen LogP contribution in [-0.2, 0) is 0 Å². The Labute approximate surface area is 125 Å². The summed E-state index contributed by atoms with van der Waals surface area (Å²) in [6.45, 7) is 5.80. The molecule has 0 unspecified atom stereocenters. The Kier molecular flexibility index (Phi) is 5.28. The standard InChI is InChI=1S/C15H20Cl2N2/c1-2-8-19-9-4-3-5-14(19)15(18)11-6-7-12(16)13(17)10-11/h2,6-7,10,14-15H,1,3-5,8-9,18H2/t14-,15-/m0/s1. The van der Waals surface area contributed by atoms with Crippen molar-refractivity contribution in [1.82, 2.24) is 4.90 Å². The maximum absolute atomic E-state index is 6.43. The molecule has 0 spiro atoms. The van der Waals surface area contributed by atoms with Crippen molar-refractivity contribution in [3.63, 3.8) is 0 Å². The van der Waals surface area contributed by atoms with Gasteiger partial charge in [-0.15, -0.1) is 6.58 Å². The van der Waals surface area contributed by atoms with E-state index < -0.39 is 0 Å². The number of rotatable bonds is 4. The summed E-state index contributed by atoms with van der Waals surface area (Å²) in [4.78, 5) is 2.41. The van der Waals surface area contributed by atoms with Crippen LogP contribution >= 0.6 is 23.2 Å². The average molecular weight is 299 g/mol. The highest BCUT2D eigenvalue weighted by molar-refractivity contribution is 6.42. The number of benzene rings is 1. The quantitative estimate of drug-likeness (QED) is 0.850. The van der Waals surface area contributed by atoms with Crippen LogP contribution in [0.15, 0.2) is 30.9 Å². The lowest BCUT2D eigenvalue weighted by Gasteiger charge is -2.38. The van der Waals surface area contributed by atoms with Gasteiger partial charge in [0.2, 0.25) is 0 Å². The predicted molar refractivity (Wildman–Crippen MR) is 82.8 cm³/mol. The second-order valence-electron chi connectivity index (χ2n) is 5.05. The lowest BCUT2D eigenvalue weighted by Crippen LogP contribution is -2.45. The van der Waals surface area contributed by atoms with E-state index in [0.717, 1.165) is 25.1 Å². The van der Waals surface area contributed by atoms with Gasteiger partial charge in [-0.3, -0.25) is 4.90 Å². The van der Waals surface area contributed by atoms with E-state index in [-0.39, 0.29) is 6.04 Å². The molecule has 1 aliphatic heterocycles. The second-order valence-corrected chi connectivity index (χ2v) is 5.86. The molecule has 2 atom stereocenters. The molecule has 0 radical (unpaired) electrons. The second kappa shape index (κ2) is 6.76. The van der Waals surface area contributed by atoms with Gasteiger partial charge in [0.15, 0.2) is 0 Å². The summed E-state index contributed by atoms with van der Waals surface area (Å²) in [6, 6.07) is 5.99. The van der Waals surface area contributed by atoms with Crippen LogP contribution in [0, 0.1) is 0 Å². The smallest absolute Gasteiger partial charge is 0.0595 e. The maximum Gasteiger partial charge on any atom is 0.0595 e. The number of nitrogens with zero attached hydrogens (tertiary/aromatic N) is 1. The van der Waals surface area contributed by atoms with Gasteiger partial charge in [-0.05, 0) is 37.1 Å². The van der Waals surface area contributed by atoms with Crippen LogP contribution in [0.5, 0.6) is 0 Å². The van der Waals surface area contributed by atoms with Gasteiger partial charge in [0.25, 0.3) is 0 Å². The van der Waals surface area contributed by atoms with E-state index in [1.54, 1.807) is 0 Å². The van der Waals surface area contributed by atoms with Crippen molar-refractivity contribution in [2.24, 2.45) is 5.73 Å². The summed E-state index contributed by atoms with van der Waals surface area (Å²) < 4.78 is 0. The topological polar surface area (TPSA) is 29.3 Å². The molecule has 4 heteroatoms. The van der Waals surface area contributed by atoms with Gasteiger partial charge >= 0.3 is 0 Å². The monoisotopic (exact) mass is 298 g/mol. The summed E-state index contributed by atoms with van der Waals surface area (Å²) in [7, 11) is 0. The van der Waals surface area contributed by atoms with E-state index in [0.29, 0.717) is 16.1 Å². The maximum atomic E-state index is 6.43. The minimum absolute atomic E-state index is 0.0324. The molecule has 0 bridgehead atoms. The van der Waals surface area contributed by atoms with Crippen molar-refractivity contribution in [3.05, 3.63) is 46.5 Å². The van der Waals surface area contributed by atoms with Crippen molar-refractivity contribution >= 4 is 23.2 Å². The molecule has 104 valence electrons. The van der Waals surface area contributed by atoms with Crippen LogP contribution in [0.2, 0.25) is 10.0 Å². The number of nitrogens with two attached hydrogens (primary N) is 1. The molecule has 1 aliphatic rings. The fourth-order valence-corrected chi connectivity index (χ4v) is 3.06. The lowest BCUT2D eigenvalue weighted by atomic mass is 9.91. The Morgan fingerprint density at radius 3 is 2.84 bits per heavy atom. The van der Waals surface area contributed by atoms with Gasteiger partial charge in [0.05, 0.1) is 10.0 Å². The fourth-order valence-electron chi connectivity index (χ4n) is 2.76. The molecule has 2 N–H and O–H groups in total. The van der Waals surface area contributed by atoms with Crippen LogP contribution in [0.25, 0.3) is 0 Å². The lowest BCUT2D eigenvalue weighted by molar-refractivity contribution is 0.141. The van der Waals surface area contributed by atoms with Crippen LogP contribution in [0.1, 0.15) is 30.9 Å². The van der Waals surface area contributed by atoms with Crippen molar-refractivity contribution in [3.8, 4) is 0 Å². The molecule has 19 heavy (non-hydrogen) atoms. The molecule has 0 amide bonds. The molecule has 0 saturated carbocycles. The highest BCUT2D eigenvalue weighted by Crippen LogP contribution is 2.30. The van der Waals surface area contributed by atoms with Crippen molar-refractivity contribution in [2.75, 3.05) is 13.1 Å². The first-order valence-electron chi connectivity index (χ1n) is 6.69. The number of piperidine rings is 1. The summed E-state index contributed by atoms with van der Waals surface area (Å²) in [5.41, 5.74) is 7.48. The summed E-state index contributed by atoms with van der Waals surface area (Å²) in [6.07, 6.45) is 5.53. The summed E-state index contributed by atoms with van der Waals surface area (Å²) >= 11 is 12.0. The first-order chi connectivity index (χ1) is 9.13. The Morgan fingerprint density at radius 2 is 2.16 bits per heavy atom. The van der Waals surface area contributed by atoms with Crippen molar-refractivity contribution in [2.45, 2.75) is 31.3 Å². The third-order valence-electron chi connectivity index (χ3n) is 3.77. The highest BCUT2D eigenvalue weighted by atomic mass is 35.5. The van der Waals surface area contributed by atoms with Gasteiger partial charge in [0.1, 0.15) is 0 Å². The van der Waals surface area contributed by atoms with Crippen LogP contribution in [-0.4, -0.2) is 24.0 Å². The normalized spacial score (nSPS) is 22.2. The molecule has 1 saturated heterocycles. The fraction of sp³-hybridized carbons (Fsp3) is 0.467. The van der Waals surface area contributed by atoms with Gasteiger partial charge in [-0.1, -0.05) is 41.8 Å². The molecule has 1 aromatic carbocycles. The van der Waals surface area contributed by atoms with Gasteiger partial charge in [0, 0.05) is 18.6 Å². The van der Waals surface area contributed by atoms with E-state index in [9.17, 15) is 0 Å². The first kappa shape index (κ1) is 14.9. The average Bonchev–Trinajstić information content (AvgIpc) is 2.42. The number of likely N-dealkylation sites (tertiary alicyclic amines) is 1. The Balaban J connectivity index is 2.17. The molecular formula is C15H20Cl2N2. The molecule has 1 heterocycles. The van der Waals surface area contributed by atoms with E-state index in [2.05, 4.69) is 11.5 Å². The van der Waals surface area contributed by atoms with Crippen molar-refractivity contribution < 1.29 is 0 Å². The molecule has 0 aromatic heterocycles. The number of hydrogen-bond acceptors (Lipinski definition) is 2. The van der Waals surface area contributed by atoms with E-state index in [1.807, 2.05) is 24.3 Å². The number of halogens is 2. The SMILES string of the molecule is C=CCN1CCCC[C@H]1[C@@H](N)c1ccc(Cl)c(Cl)c1.